The standard InChI is InChI=1S/C14H14Cl2N4O/c1-20-11(8-5-6-8)7-12(19-20)18-14(21)17-10-4-2-3-9(15)13(10)16/h2-4,7-8H,5-6H2,1H3,(H2,17,18,19,21). The summed E-state index contributed by atoms with van der Waals surface area (Å²) in [7, 11) is 1.88. The first-order valence-corrected chi connectivity index (χ1v) is 7.36. The predicted molar refractivity (Wildman–Crippen MR) is 84.3 cm³/mol. The van der Waals surface area contributed by atoms with Crippen LogP contribution in [0.25, 0.3) is 0 Å². The van der Waals surface area contributed by atoms with E-state index >= 15 is 0 Å². The van der Waals surface area contributed by atoms with Gasteiger partial charge in [0.25, 0.3) is 0 Å². The van der Waals surface area contributed by atoms with Gasteiger partial charge in [-0.1, -0.05) is 29.3 Å². The molecule has 1 aliphatic rings. The maximum atomic E-state index is 12.0. The van der Waals surface area contributed by atoms with Crippen molar-refractivity contribution in [3.8, 4) is 0 Å². The van der Waals surface area contributed by atoms with E-state index in [2.05, 4.69) is 15.7 Å². The molecule has 0 atom stereocenters. The summed E-state index contributed by atoms with van der Waals surface area (Å²) >= 11 is 11.9. The second-order valence-corrected chi connectivity index (χ2v) is 5.82. The molecule has 0 saturated heterocycles. The van der Waals surface area contributed by atoms with Gasteiger partial charge in [0.05, 0.1) is 15.7 Å². The van der Waals surface area contributed by atoms with Crippen molar-refractivity contribution in [2.75, 3.05) is 10.6 Å². The van der Waals surface area contributed by atoms with Crippen molar-refractivity contribution >= 4 is 40.7 Å². The molecule has 2 amide bonds. The summed E-state index contributed by atoms with van der Waals surface area (Å²) in [6.45, 7) is 0. The van der Waals surface area contributed by atoms with Gasteiger partial charge in [0.1, 0.15) is 0 Å². The molecule has 2 aromatic rings. The number of benzene rings is 1. The molecule has 2 N–H and O–H groups in total. The molecule has 0 spiro atoms. The average Bonchev–Trinajstić information content (AvgIpc) is 3.20. The molecule has 110 valence electrons. The highest BCUT2D eigenvalue weighted by Gasteiger charge is 2.27. The van der Waals surface area contributed by atoms with Crippen LogP contribution in [0.3, 0.4) is 0 Å². The molecule has 21 heavy (non-hydrogen) atoms. The third kappa shape index (κ3) is 3.14. The molecule has 1 heterocycles. The number of halogens is 2. The number of hydrogen-bond acceptors (Lipinski definition) is 2. The molecule has 0 aliphatic heterocycles. The quantitative estimate of drug-likeness (QED) is 0.886. The van der Waals surface area contributed by atoms with Crippen LogP contribution in [0.1, 0.15) is 24.5 Å². The van der Waals surface area contributed by atoms with Crippen LogP contribution >= 0.6 is 23.2 Å². The highest BCUT2D eigenvalue weighted by atomic mass is 35.5. The van der Waals surface area contributed by atoms with Crippen LogP contribution < -0.4 is 10.6 Å². The Hall–Kier alpha value is -1.72. The van der Waals surface area contributed by atoms with Gasteiger partial charge >= 0.3 is 6.03 Å². The van der Waals surface area contributed by atoms with E-state index in [0.29, 0.717) is 27.5 Å². The predicted octanol–water partition coefficient (Wildman–Crippen LogP) is 4.25. The number of aryl methyl sites for hydroxylation is 1. The Morgan fingerprint density at radius 3 is 2.81 bits per heavy atom. The van der Waals surface area contributed by atoms with Gasteiger partial charge in [0.2, 0.25) is 0 Å². The minimum Gasteiger partial charge on any atom is -0.306 e. The smallest absolute Gasteiger partial charge is 0.306 e. The lowest BCUT2D eigenvalue weighted by Gasteiger charge is -2.08. The van der Waals surface area contributed by atoms with E-state index in [1.54, 1.807) is 22.9 Å². The van der Waals surface area contributed by atoms with Gasteiger partial charge in [-0.3, -0.25) is 10.00 Å². The second kappa shape index (κ2) is 5.58. The first-order chi connectivity index (χ1) is 10.0. The molecule has 3 rings (SSSR count). The maximum Gasteiger partial charge on any atom is 0.324 e. The van der Waals surface area contributed by atoms with Gasteiger partial charge in [0.15, 0.2) is 5.82 Å². The topological polar surface area (TPSA) is 59.0 Å². The fourth-order valence-corrected chi connectivity index (χ4v) is 2.52. The molecule has 5 nitrogen and oxygen atoms in total. The molecule has 1 aliphatic carbocycles. The van der Waals surface area contributed by atoms with E-state index in [1.807, 2.05) is 13.1 Å². The van der Waals surface area contributed by atoms with E-state index in [9.17, 15) is 4.79 Å². The van der Waals surface area contributed by atoms with Gasteiger partial charge in [-0.05, 0) is 25.0 Å². The minimum absolute atomic E-state index is 0.314. The molecule has 1 fully saturated rings. The molecular weight excluding hydrogens is 311 g/mol. The van der Waals surface area contributed by atoms with E-state index in [4.69, 9.17) is 23.2 Å². The molecule has 0 unspecified atom stereocenters. The first-order valence-electron chi connectivity index (χ1n) is 6.60. The number of urea groups is 1. The van der Waals surface area contributed by atoms with Gasteiger partial charge in [-0.25, -0.2) is 4.79 Å². The van der Waals surface area contributed by atoms with E-state index in [-0.39, 0.29) is 0 Å². The Kier molecular flexibility index (Phi) is 3.78. The third-order valence-corrected chi connectivity index (χ3v) is 4.17. The second-order valence-electron chi connectivity index (χ2n) is 5.03. The van der Waals surface area contributed by atoms with Crippen molar-refractivity contribution in [3.05, 3.63) is 40.0 Å². The number of nitrogens with one attached hydrogen (secondary N) is 2. The van der Waals surface area contributed by atoms with Crippen LogP contribution in [0.2, 0.25) is 10.0 Å². The van der Waals surface area contributed by atoms with Crippen molar-refractivity contribution in [2.45, 2.75) is 18.8 Å². The first kappa shape index (κ1) is 14.2. The lowest BCUT2D eigenvalue weighted by atomic mass is 10.3. The van der Waals surface area contributed by atoms with Crippen LogP contribution in [0.15, 0.2) is 24.3 Å². The lowest BCUT2D eigenvalue weighted by Crippen LogP contribution is -2.20. The van der Waals surface area contributed by atoms with Crippen LogP contribution in [0.5, 0.6) is 0 Å². The molecule has 0 radical (unpaired) electrons. The van der Waals surface area contributed by atoms with E-state index in [0.717, 1.165) is 5.69 Å². The lowest BCUT2D eigenvalue weighted by molar-refractivity contribution is 0.262. The van der Waals surface area contributed by atoms with E-state index < -0.39 is 6.03 Å². The van der Waals surface area contributed by atoms with Crippen molar-refractivity contribution < 1.29 is 4.79 Å². The molecule has 1 aromatic carbocycles. The monoisotopic (exact) mass is 324 g/mol. The Bertz CT molecular complexity index is 694. The summed E-state index contributed by atoms with van der Waals surface area (Å²) in [5.74, 6) is 1.10. The fourth-order valence-electron chi connectivity index (χ4n) is 2.17. The minimum atomic E-state index is -0.403. The summed E-state index contributed by atoms with van der Waals surface area (Å²) < 4.78 is 1.81. The number of hydrogen-bond donors (Lipinski definition) is 2. The van der Waals surface area contributed by atoms with Crippen molar-refractivity contribution in [3.63, 3.8) is 0 Å². The fraction of sp³-hybridized carbons (Fsp3) is 0.286. The highest BCUT2D eigenvalue weighted by Crippen LogP contribution is 2.40. The Morgan fingerprint density at radius 1 is 1.33 bits per heavy atom. The molecular formula is C14H14Cl2N4O. The number of rotatable bonds is 3. The van der Waals surface area contributed by atoms with E-state index in [1.165, 1.54) is 12.8 Å². The summed E-state index contributed by atoms with van der Waals surface area (Å²) in [4.78, 5) is 12.0. The van der Waals surface area contributed by atoms with Crippen LogP contribution in [0.4, 0.5) is 16.3 Å². The zero-order chi connectivity index (χ0) is 15.0. The van der Waals surface area contributed by atoms with Crippen LogP contribution in [-0.2, 0) is 7.05 Å². The van der Waals surface area contributed by atoms with Crippen molar-refractivity contribution in [2.24, 2.45) is 7.05 Å². The SMILES string of the molecule is Cn1nc(NC(=O)Nc2cccc(Cl)c2Cl)cc1C1CC1. The van der Waals surface area contributed by atoms with Crippen LogP contribution in [-0.4, -0.2) is 15.8 Å². The zero-order valence-corrected chi connectivity index (χ0v) is 12.9. The summed E-state index contributed by atoms with van der Waals surface area (Å²) in [5, 5.41) is 10.3. The Balaban J connectivity index is 1.69. The molecule has 1 saturated carbocycles. The molecule has 0 bridgehead atoms. The Labute approximate surface area is 132 Å². The number of amides is 2. The highest BCUT2D eigenvalue weighted by molar-refractivity contribution is 6.44. The number of carbonyl (C=O) groups excluding carboxylic acids is 1. The summed E-state index contributed by atoms with van der Waals surface area (Å²) in [6, 6.07) is 6.56. The van der Waals surface area contributed by atoms with Gasteiger partial charge in [0, 0.05) is 24.7 Å². The summed E-state index contributed by atoms with van der Waals surface area (Å²) in [6.07, 6.45) is 2.37. The third-order valence-electron chi connectivity index (χ3n) is 3.35. The van der Waals surface area contributed by atoms with Gasteiger partial charge < -0.3 is 5.32 Å². The number of aromatic nitrogens is 2. The van der Waals surface area contributed by atoms with Gasteiger partial charge in [-0.2, -0.15) is 5.10 Å². The maximum absolute atomic E-state index is 12.0. The largest absolute Gasteiger partial charge is 0.324 e. The normalized spacial score (nSPS) is 14.0. The summed E-state index contributed by atoms with van der Waals surface area (Å²) in [5.41, 5.74) is 1.60. The number of carbonyl (C=O) groups is 1. The van der Waals surface area contributed by atoms with Crippen LogP contribution in [0, 0.1) is 0 Å². The Morgan fingerprint density at radius 2 is 2.10 bits per heavy atom. The van der Waals surface area contributed by atoms with Crippen molar-refractivity contribution in [1.82, 2.24) is 9.78 Å². The molecule has 7 heteroatoms. The molecule has 1 aromatic heterocycles. The zero-order valence-electron chi connectivity index (χ0n) is 11.4. The average molecular weight is 325 g/mol. The number of nitrogens with zero attached hydrogens (tertiary/aromatic N) is 2. The van der Waals surface area contributed by atoms with Gasteiger partial charge in [-0.15, -0.1) is 0 Å². The van der Waals surface area contributed by atoms with Crippen molar-refractivity contribution in [1.29, 1.82) is 0 Å². The number of anilines is 2.